The predicted octanol–water partition coefficient (Wildman–Crippen LogP) is 3.45. The number of amides is 1. The van der Waals surface area contributed by atoms with Crippen molar-refractivity contribution in [2.75, 3.05) is 6.79 Å². The Morgan fingerprint density at radius 1 is 0.963 bits per heavy atom. The Morgan fingerprint density at radius 2 is 1.74 bits per heavy atom. The van der Waals surface area contributed by atoms with E-state index in [1.54, 1.807) is 12.4 Å². The fraction of sp³-hybridized carbons (Fsp3) is 0.182. The number of pyridine rings is 1. The number of ether oxygens (including phenoxy) is 2. The summed E-state index contributed by atoms with van der Waals surface area (Å²) in [6.45, 7) is 0.683. The van der Waals surface area contributed by atoms with Crippen molar-refractivity contribution in [2.24, 2.45) is 0 Å². The maximum atomic E-state index is 13.0. The van der Waals surface area contributed by atoms with Gasteiger partial charge in [-0.25, -0.2) is 0 Å². The maximum Gasteiger partial charge on any atom is 0.231 e. The first-order valence-electron chi connectivity index (χ1n) is 8.90. The molecule has 0 radical (unpaired) electrons. The summed E-state index contributed by atoms with van der Waals surface area (Å²) in [6.07, 6.45) is 4.13. The minimum absolute atomic E-state index is 0.00400. The molecule has 5 heteroatoms. The molecule has 3 aromatic rings. The summed E-state index contributed by atoms with van der Waals surface area (Å²) in [5, 5.41) is 3.06. The molecule has 0 fully saturated rings. The van der Waals surface area contributed by atoms with Crippen molar-refractivity contribution in [1.82, 2.24) is 10.3 Å². The van der Waals surface area contributed by atoms with E-state index >= 15 is 0 Å². The molecular formula is C22H20N2O3. The average Bonchev–Trinajstić information content (AvgIpc) is 3.19. The Morgan fingerprint density at radius 3 is 2.56 bits per heavy atom. The molecule has 0 bridgehead atoms. The fourth-order valence-corrected chi connectivity index (χ4v) is 3.17. The molecule has 1 N–H and O–H groups in total. The molecule has 1 atom stereocenters. The Hall–Kier alpha value is -3.34. The molecule has 1 aromatic heterocycles. The molecule has 0 aliphatic carbocycles. The van der Waals surface area contributed by atoms with Gasteiger partial charge in [0, 0.05) is 18.9 Å². The van der Waals surface area contributed by atoms with E-state index < -0.39 is 0 Å². The van der Waals surface area contributed by atoms with Crippen LogP contribution in [-0.4, -0.2) is 17.7 Å². The van der Waals surface area contributed by atoms with E-state index in [1.807, 2.05) is 60.7 Å². The van der Waals surface area contributed by atoms with Crippen LogP contribution in [0.4, 0.5) is 0 Å². The van der Waals surface area contributed by atoms with Gasteiger partial charge in [0.2, 0.25) is 12.7 Å². The topological polar surface area (TPSA) is 60.5 Å². The molecule has 136 valence electrons. The van der Waals surface area contributed by atoms with Crippen molar-refractivity contribution < 1.29 is 14.3 Å². The molecular weight excluding hydrogens is 340 g/mol. The van der Waals surface area contributed by atoms with E-state index in [0.717, 1.165) is 28.2 Å². The van der Waals surface area contributed by atoms with Gasteiger partial charge in [-0.1, -0.05) is 36.4 Å². The van der Waals surface area contributed by atoms with Crippen LogP contribution in [0, 0.1) is 0 Å². The quantitative estimate of drug-likeness (QED) is 0.731. The lowest BCUT2D eigenvalue weighted by Gasteiger charge is -2.17. The first-order chi connectivity index (χ1) is 13.3. The lowest BCUT2D eigenvalue weighted by molar-refractivity contribution is -0.122. The van der Waals surface area contributed by atoms with E-state index in [-0.39, 0.29) is 18.6 Å². The lowest BCUT2D eigenvalue weighted by Crippen LogP contribution is -2.30. The third kappa shape index (κ3) is 4.08. The highest BCUT2D eigenvalue weighted by Crippen LogP contribution is 2.32. The monoisotopic (exact) mass is 360 g/mol. The lowest BCUT2D eigenvalue weighted by atomic mass is 9.91. The number of nitrogens with zero attached hydrogens (tertiary/aromatic N) is 1. The molecule has 5 nitrogen and oxygen atoms in total. The number of nitrogens with one attached hydrogen (secondary N) is 1. The summed E-state index contributed by atoms with van der Waals surface area (Å²) >= 11 is 0. The van der Waals surface area contributed by atoms with Crippen LogP contribution >= 0.6 is 0 Å². The number of benzene rings is 2. The third-order valence-corrected chi connectivity index (χ3v) is 4.61. The van der Waals surface area contributed by atoms with Gasteiger partial charge in [-0.05, 0) is 47.4 Å². The van der Waals surface area contributed by atoms with Gasteiger partial charge in [-0.15, -0.1) is 0 Å². The zero-order valence-corrected chi connectivity index (χ0v) is 14.8. The van der Waals surface area contributed by atoms with Crippen molar-refractivity contribution in [3.8, 4) is 11.5 Å². The van der Waals surface area contributed by atoms with Crippen LogP contribution in [0.5, 0.6) is 11.5 Å². The highest BCUT2D eigenvalue weighted by atomic mass is 16.7. The zero-order chi connectivity index (χ0) is 18.5. The van der Waals surface area contributed by atoms with Gasteiger partial charge in [0.1, 0.15) is 0 Å². The first-order valence-corrected chi connectivity index (χ1v) is 8.90. The van der Waals surface area contributed by atoms with E-state index in [4.69, 9.17) is 9.47 Å². The third-order valence-electron chi connectivity index (χ3n) is 4.61. The number of carbonyl (C=O) groups is 1. The van der Waals surface area contributed by atoms with E-state index in [9.17, 15) is 4.79 Å². The SMILES string of the molecule is O=C(NCc1ccc2c(c1)OCO2)C(Cc1ccncc1)c1ccccc1. The largest absolute Gasteiger partial charge is 0.454 e. The Balaban J connectivity index is 1.48. The normalized spacial score (nSPS) is 13.2. The zero-order valence-electron chi connectivity index (χ0n) is 14.8. The fourth-order valence-electron chi connectivity index (χ4n) is 3.17. The van der Waals surface area contributed by atoms with Gasteiger partial charge in [0.25, 0.3) is 0 Å². The molecule has 0 saturated heterocycles. The van der Waals surface area contributed by atoms with Crippen LogP contribution in [0.1, 0.15) is 22.6 Å². The van der Waals surface area contributed by atoms with Crippen LogP contribution in [-0.2, 0) is 17.8 Å². The highest BCUT2D eigenvalue weighted by Gasteiger charge is 2.21. The van der Waals surface area contributed by atoms with E-state index in [1.165, 1.54) is 0 Å². The minimum Gasteiger partial charge on any atom is -0.454 e. The summed E-state index contributed by atoms with van der Waals surface area (Å²) in [6, 6.07) is 19.5. The number of aromatic nitrogens is 1. The van der Waals surface area contributed by atoms with Crippen molar-refractivity contribution in [3.05, 3.63) is 89.7 Å². The second-order valence-electron chi connectivity index (χ2n) is 6.43. The second-order valence-corrected chi connectivity index (χ2v) is 6.43. The van der Waals surface area contributed by atoms with Gasteiger partial charge in [0.15, 0.2) is 11.5 Å². The molecule has 0 saturated carbocycles. The van der Waals surface area contributed by atoms with Crippen molar-refractivity contribution in [1.29, 1.82) is 0 Å². The molecule has 2 aromatic carbocycles. The standard InChI is InChI=1S/C22H20N2O3/c25-22(24-14-17-6-7-20-21(13-17)27-15-26-20)19(18-4-2-1-3-5-18)12-16-8-10-23-11-9-16/h1-11,13,19H,12,14-15H2,(H,24,25). The summed E-state index contributed by atoms with van der Waals surface area (Å²) in [7, 11) is 0. The summed E-state index contributed by atoms with van der Waals surface area (Å²) in [5.74, 6) is 1.20. The molecule has 1 aliphatic heterocycles. The number of hydrogen-bond acceptors (Lipinski definition) is 4. The molecule has 2 heterocycles. The predicted molar refractivity (Wildman–Crippen MR) is 102 cm³/mol. The number of fused-ring (bicyclic) bond motifs is 1. The van der Waals surface area contributed by atoms with E-state index in [2.05, 4.69) is 10.3 Å². The maximum absolute atomic E-state index is 13.0. The van der Waals surface area contributed by atoms with Gasteiger partial charge < -0.3 is 14.8 Å². The van der Waals surface area contributed by atoms with Crippen LogP contribution in [0.25, 0.3) is 0 Å². The number of carbonyl (C=O) groups excluding carboxylic acids is 1. The van der Waals surface area contributed by atoms with Crippen LogP contribution in [0.3, 0.4) is 0 Å². The molecule has 1 unspecified atom stereocenters. The minimum atomic E-state index is -0.261. The molecule has 4 rings (SSSR count). The molecule has 1 aliphatic rings. The Labute approximate surface area is 158 Å². The van der Waals surface area contributed by atoms with E-state index in [0.29, 0.717) is 13.0 Å². The van der Waals surface area contributed by atoms with Gasteiger partial charge in [0.05, 0.1) is 5.92 Å². The Kier molecular flexibility index (Phi) is 5.01. The molecule has 1 amide bonds. The van der Waals surface area contributed by atoms with Crippen LogP contribution < -0.4 is 14.8 Å². The summed E-state index contributed by atoms with van der Waals surface area (Å²) in [4.78, 5) is 17.0. The van der Waals surface area contributed by atoms with Crippen LogP contribution in [0.2, 0.25) is 0 Å². The summed E-state index contributed by atoms with van der Waals surface area (Å²) < 4.78 is 10.7. The second kappa shape index (κ2) is 7.91. The summed E-state index contributed by atoms with van der Waals surface area (Å²) in [5.41, 5.74) is 3.05. The molecule has 0 spiro atoms. The smallest absolute Gasteiger partial charge is 0.231 e. The van der Waals surface area contributed by atoms with Crippen molar-refractivity contribution in [3.63, 3.8) is 0 Å². The number of hydrogen-bond donors (Lipinski definition) is 1. The van der Waals surface area contributed by atoms with Crippen molar-refractivity contribution >= 4 is 5.91 Å². The van der Waals surface area contributed by atoms with Crippen molar-refractivity contribution in [2.45, 2.75) is 18.9 Å². The van der Waals surface area contributed by atoms with Gasteiger partial charge in [-0.2, -0.15) is 0 Å². The average molecular weight is 360 g/mol. The highest BCUT2D eigenvalue weighted by molar-refractivity contribution is 5.84. The van der Waals surface area contributed by atoms with Gasteiger partial charge >= 0.3 is 0 Å². The molecule has 27 heavy (non-hydrogen) atoms. The number of rotatable bonds is 6. The van der Waals surface area contributed by atoms with Crippen LogP contribution in [0.15, 0.2) is 73.1 Å². The van der Waals surface area contributed by atoms with Gasteiger partial charge in [-0.3, -0.25) is 9.78 Å². The first kappa shape index (κ1) is 17.1. The Bertz CT molecular complexity index is 913.